The van der Waals surface area contributed by atoms with Crippen LogP contribution in [0.3, 0.4) is 0 Å². The summed E-state index contributed by atoms with van der Waals surface area (Å²) in [6, 6.07) is 0. The van der Waals surface area contributed by atoms with Crippen LogP contribution in [0.4, 0.5) is 0 Å². The van der Waals surface area contributed by atoms with Crippen molar-refractivity contribution in [3.8, 4) is 0 Å². The zero-order chi connectivity index (χ0) is 7.78. The maximum atomic E-state index is 1.84. The standard InChI is InChI=1S/H20Si10/c1-8-5-6-10(3,4)7-9(8)2/h8-9H,5-7H2,1-4H3. The third-order valence-corrected chi connectivity index (χ3v) is 253. The summed E-state index contributed by atoms with van der Waals surface area (Å²) in [6.45, 7) is 0. The highest BCUT2D eigenvalue weighted by Gasteiger charge is 2.33. The molecule has 0 aromatic carbocycles. The number of rotatable bonds is 0. The van der Waals surface area contributed by atoms with Crippen molar-refractivity contribution in [2.45, 2.75) is 0 Å². The molecule has 1 heterocycles. The summed E-state index contributed by atoms with van der Waals surface area (Å²) < 4.78 is 0. The van der Waals surface area contributed by atoms with Crippen molar-refractivity contribution in [2.24, 2.45) is 0 Å². The van der Waals surface area contributed by atoms with E-state index in [0.29, 0.717) is 14.7 Å². The van der Waals surface area contributed by atoms with Crippen LogP contribution >= 0.6 is 0 Å². The number of hydrogen-bond acceptors (Lipinski definition) is 0. The van der Waals surface area contributed by atoms with Crippen molar-refractivity contribution in [1.29, 1.82) is 0 Å². The van der Waals surface area contributed by atoms with Crippen molar-refractivity contribution in [3.05, 3.63) is 0 Å². The molecule has 1 aliphatic heterocycles. The van der Waals surface area contributed by atoms with Crippen molar-refractivity contribution in [3.63, 3.8) is 0 Å². The van der Waals surface area contributed by atoms with Gasteiger partial charge in [-0.1, -0.05) is 0 Å². The molecule has 0 radical (unpaired) electrons. The molecule has 1 aliphatic rings. The van der Waals surface area contributed by atoms with E-state index < -0.39 is 0 Å². The Morgan fingerprint density at radius 1 is 1.10 bits per heavy atom. The molecule has 1 rings (SSSR count). The molecule has 0 bridgehead atoms. The Balaban J connectivity index is 2.49. The minimum atomic E-state index is 0.0753. The van der Waals surface area contributed by atoms with Crippen LogP contribution in [0.25, 0.3) is 0 Å². The van der Waals surface area contributed by atoms with Crippen LogP contribution in [0.15, 0.2) is 0 Å². The van der Waals surface area contributed by atoms with Crippen LogP contribution in [0.5, 0.6) is 0 Å². The zero-order valence-electron chi connectivity index (χ0n) is 7.78. The van der Waals surface area contributed by atoms with Gasteiger partial charge in [-0.2, -0.15) is 0 Å². The maximum Gasteiger partial charge on any atom is -0.00577 e. The lowest BCUT2D eigenvalue weighted by Crippen LogP contribution is -2.71. The summed E-state index contributed by atoms with van der Waals surface area (Å²) in [7, 11) is 10.8. The van der Waals surface area contributed by atoms with Gasteiger partial charge in [0.25, 0.3) is 0 Å². The first-order valence-electron chi connectivity index (χ1n) is 4.51. The van der Waals surface area contributed by atoms with E-state index in [2.05, 4.69) is 0 Å². The van der Waals surface area contributed by atoms with E-state index in [1.54, 1.807) is 0 Å². The molecular formula is H20Si10. The number of hydrogen-bond donors (Lipinski definition) is 0. The fraction of sp³-hybridized carbons (Fsp3) is 0. The second-order valence-electron chi connectivity index (χ2n) is 4.86. The highest BCUT2D eigenvalue weighted by molar-refractivity contribution is 8.09. The molecule has 0 aromatic rings. The maximum absolute atomic E-state index is 1.84. The second kappa shape index (κ2) is 3.92. The Hall–Kier alpha value is 2.17. The quantitative estimate of drug-likeness (QED) is 0.390. The van der Waals surface area contributed by atoms with E-state index in [9.17, 15) is 0 Å². The monoisotopic (exact) mass is 300 g/mol. The van der Waals surface area contributed by atoms with Gasteiger partial charge in [0.2, 0.25) is 0 Å². The first-order valence-corrected chi connectivity index (χ1v) is 40.6. The molecule has 0 nitrogen and oxygen atoms in total. The van der Waals surface area contributed by atoms with Crippen molar-refractivity contribution in [2.75, 3.05) is 0 Å². The lowest BCUT2D eigenvalue weighted by molar-refractivity contribution is 3.43. The molecule has 1 saturated heterocycles. The zero-order valence-corrected chi connectivity index (χ0v) is 23.3. The van der Waals surface area contributed by atoms with Gasteiger partial charge >= 0.3 is 0 Å². The molecule has 1 fully saturated rings. The van der Waals surface area contributed by atoms with E-state index in [1.165, 1.54) is 0 Å². The topological polar surface area (TPSA) is 0 Å². The van der Waals surface area contributed by atoms with Gasteiger partial charge in [-0.3, -0.25) is 0 Å². The largest absolute Gasteiger partial charge is 0.0114 e. The van der Waals surface area contributed by atoms with Gasteiger partial charge < -0.3 is 0 Å². The molecule has 2 atom stereocenters. The van der Waals surface area contributed by atoms with E-state index in [0.717, 1.165) is 25.7 Å². The molecule has 0 saturated carbocycles. The second-order valence-corrected chi connectivity index (χ2v) is 131. The Labute approximate surface area is 85.0 Å². The summed E-state index contributed by atoms with van der Waals surface area (Å²) in [5, 5.41) is 0. The fourth-order valence-electron chi connectivity index (χ4n) is 2.08. The highest BCUT2D eigenvalue weighted by Crippen LogP contribution is 1.95. The van der Waals surface area contributed by atoms with Crippen LogP contribution in [0.2, 0.25) is 0 Å². The summed E-state index contributed by atoms with van der Waals surface area (Å²) in [5.41, 5.74) is 0. The summed E-state index contributed by atoms with van der Waals surface area (Å²) in [4.78, 5) is 0. The van der Waals surface area contributed by atoms with Crippen molar-refractivity contribution in [1.82, 2.24) is 0 Å². The molecule has 0 aromatic heterocycles. The van der Waals surface area contributed by atoms with Crippen molar-refractivity contribution >= 4 is 85.5 Å². The average molecular weight is 301 g/mol. The Bertz CT molecular complexity index is 113. The van der Waals surface area contributed by atoms with Crippen molar-refractivity contribution < 1.29 is 0 Å². The van der Waals surface area contributed by atoms with Gasteiger partial charge in [-0.25, -0.2) is 0 Å². The van der Waals surface area contributed by atoms with Crippen LogP contribution in [0, 0.1) is 0 Å². The van der Waals surface area contributed by atoms with Crippen LogP contribution in [0.1, 0.15) is 0 Å². The van der Waals surface area contributed by atoms with Gasteiger partial charge in [0, 0.05) is 0 Å². The Morgan fingerprint density at radius 3 is 2.10 bits per heavy atom. The first-order chi connectivity index (χ1) is 4.51. The highest BCUT2D eigenvalue weighted by atomic mass is 30.4. The molecule has 10 heavy (non-hydrogen) atoms. The van der Waals surface area contributed by atoms with Crippen LogP contribution in [-0.2, 0) is 0 Å². The molecule has 0 aliphatic carbocycles. The molecule has 60 valence electrons. The van der Waals surface area contributed by atoms with Gasteiger partial charge in [-0.15, -0.1) is 0 Å². The molecule has 0 spiro atoms. The summed E-state index contributed by atoms with van der Waals surface area (Å²) in [6.07, 6.45) is 0.0753. The SMILES string of the molecule is [SiH3][SiH]1[SiH2][SiH2][Si]([SiH3])([SiH3])[SiH2][SiH]1[SiH3]. The van der Waals surface area contributed by atoms with E-state index in [4.69, 9.17) is 0 Å². The first kappa shape index (κ1) is 10.3. The molecule has 10 heteroatoms. The predicted octanol–water partition coefficient (Wildman–Crippen LogP) is -9.16. The minimum Gasteiger partial charge on any atom is -0.0114 e. The molecule has 2 unspecified atom stereocenters. The third-order valence-electron chi connectivity index (χ3n) is 3.12. The van der Waals surface area contributed by atoms with Gasteiger partial charge in [0.05, 0.1) is 0 Å². The van der Waals surface area contributed by atoms with Gasteiger partial charge in [-0.05, 0) is 85.5 Å². The Morgan fingerprint density at radius 2 is 1.70 bits per heavy atom. The summed E-state index contributed by atoms with van der Waals surface area (Å²) in [5.74, 6) is 0. The molecule has 0 amide bonds. The van der Waals surface area contributed by atoms with Gasteiger partial charge in [0.15, 0.2) is 0 Å². The lowest BCUT2D eigenvalue weighted by atomic mass is 25.8. The predicted molar refractivity (Wildman–Crippen MR) is 85.4 cm³/mol. The Kier molecular flexibility index (Phi) is 4.02. The van der Waals surface area contributed by atoms with Crippen LogP contribution < -0.4 is 0 Å². The van der Waals surface area contributed by atoms with E-state index in [-0.39, 0.29) is 6.14 Å². The smallest absolute Gasteiger partial charge is 0.00577 e. The lowest BCUT2D eigenvalue weighted by Gasteiger charge is -2.33. The molecule has 0 N–H and O–H groups in total. The molecular weight excluding hydrogens is 281 g/mol. The normalized spacial score (nSPS) is 57.6. The van der Waals surface area contributed by atoms with E-state index in [1.807, 2.05) is 39.0 Å². The van der Waals surface area contributed by atoms with Crippen LogP contribution in [-0.4, -0.2) is 85.5 Å². The van der Waals surface area contributed by atoms with E-state index >= 15 is 0 Å². The minimum absolute atomic E-state index is 0.0753. The third kappa shape index (κ3) is 2.90. The summed E-state index contributed by atoms with van der Waals surface area (Å²) >= 11 is 0. The average Bonchev–Trinajstić information content (AvgIpc) is 1.79. The van der Waals surface area contributed by atoms with Gasteiger partial charge in [0.1, 0.15) is 0 Å². The fourth-order valence-corrected chi connectivity index (χ4v) is 505.